The summed E-state index contributed by atoms with van der Waals surface area (Å²) < 4.78 is 0. The van der Waals surface area contributed by atoms with Gasteiger partial charge in [-0.1, -0.05) is 12.8 Å². The van der Waals surface area contributed by atoms with E-state index in [1.54, 1.807) is 14.0 Å². The quantitative estimate of drug-likeness (QED) is 0.744. The minimum absolute atomic E-state index is 0.284. The van der Waals surface area contributed by atoms with Gasteiger partial charge in [0, 0.05) is 12.1 Å². The first-order chi connectivity index (χ1) is 7.90. The van der Waals surface area contributed by atoms with Crippen LogP contribution in [0, 0.1) is 0 Å². The lowest BCUT2D eigenvalue weighted by Gasteiger charge is -2.35. The molecule has 0 aromatic heterocycles. The van der Waals surface area contributed by atoms with Gasteiger partial charge in [-0.05, 0) is 47.2 Å². The first-order valence-electron chi connectivity index (χ1n) is 6.55. The summed E-state index contributed by atoms with van der Waals surface area (Å²) >= 11 is 0. The molecule has 2 atom stereocenters. The van der Waals surface area contributed by atoms with Crippen molar-refractivity contribution >= 4 is 5.97 Å². The zero-order valence-electron chi connectivity index (χ0n) is 11.5. The summed E-state index contributed by atoms with van der Waals surface area (Å²) in [6.07, 6.45) is 5.76. The van der Waals surface area contributed by atoms with Gasteiger partial charge in [0.2, 0.25) is 0 Å². The Balaban J connectivity index is 2.57. The fraction of sp³-hybridized carbons (Fsp3) is 0.923. The number of aliphatic carboxylic acids is 1. The third-order valence-corrected chi connectivity index (χ3v) is 4.32. The Morgan fingerprint density at radius 2 is 2.06 bits per heavy atom. The van der Waals surface area contributed by atoms with E-state index in [0.717, 1.165) is 0 Å². The summed E-state index contributed by atoms with van der Waals surface area (Å²) in [6.45, 7) is 3.88. The smallest absolute Gasteiger partial charge is 0.323 e. The van der Waals surface area contributed by atoms with Crippen LogP contribution in [0.2, 0.25) is 0 Å². The molecular formula is C13H26N2O2. The molecule has 2 unspecified atom stereocenters. The first kappa shape index (κ1) is 14.5. The summed E-state index contributed by atoms with van der Waals surface area (Å²) in [6, 6.07) is 0.923. The molecule has 4 nitrogen and oxygen atoms in total. The molecule has 1 fully saturated rings. The topological polar surface area (TPSA) is 52.6 Å². The molecule has 0 aromatic carbocycles. The Kier molecular flexibility index (Phi) is 4.95. The summed E-state index contributed by atoms with van der Waals surface area (Å²) in [7, 11) is 3.84. The molecule has 1 aliphatic carbocycles. The van der Waals surface area contributed by atoms with Gasteiger partial charge in [0.25, 0.3) is 0 Å². The van der Waals surface area contributed by atoms with E-state index >= 15 is 0 Å². The molecule has 17 heavy (non-hydrogen) atoms. The third-order valence-electron chi connectivity index (χ3n) is 4.32. The van der Waals surface area contributed by atoms with Crippen molar-refractivity contribution in [1.29, 1.82) is 0 Å². The monoisotopic (exact) mass is 242 g/mol. The summed E-state index contributed by atoms with van der Waals surface area (Å²) in [4.78, 5) is 13.6. The molecule has 1 saturated carbocycles. The van der Waals surface area contributed by atoms with E-state index < -0.39 is 11.5 Å². The zero-order chi connectivity index (χ0) is 13.1. The minimum atomic E-state index is -0.827. The van der Waals surface area contributed by atoms with Gasteiger partial charge < -0.3 is 15.3 Å². The molecule has 0 bridgehead atoms. The highest BCUT2D eigenvalue weighted by Gasteiger charge is 2.35. The predicted molar refractivity (Wildman–Crippen MR) is 69.2 cm³/mol. The number of likely N-dealkylation sites (N-methyl/N-ethyl adjacent to an activating group) is 1. The van der Waals surface area contributed by atoms with Crippen LogP contribution in [0.1, 0.15) is 46.0 Å². The second kappa shape index (κ2) is 5.83. The number of nitrogens with one attached hydrogen (secondary N) is 1. The van der Waals surface area contributed by atoms with Gasteiger partial charge in [-0.25, -0.2) is 0 Å². The van der Waals surface area contributed by atoms with E-state index in [9.17, 15) is 9.90 Å². The molecule has 2 N–H and O–H groups in total. The van der Waals surface area contributed by atoms with Crippen LogP contribution in [0.4, 0.5) is 0 Å². The van der Waals surface area contributed by atoms with Gasteiger partial charge in [-0.2, -0.15) is 0 Å². The number of hydrogen-bond acceptors (Lipinski definition) is 3. The molecule has 0 radical (unpaired) electrons. The third kappa shape index (κ3) is 3.42. The molecule has 1 aliphatic rings. The van der Waals surface area contributed by atoms with Crippen molar-refractivity contribution in [2.24, 2.45) is 0 Å². The van der Waals surface area contributed by atoms with Gasteiger partial charge in [0.1, 0.15) is 5.54 Å². The van der Waals surface area contributed by atoms with E-state index in [0.29, 0.717) is 12.5 Å². The number of carboxylic acids is 1. The van der Waals surface area contributed by atoms with Crippen molar-refractivity contribution in [2.75, 3.05) is 14.1 Å². The fourth-order valence-electron chi connectivity index (χ4n) is 2.70. The SMILES string of the molecule is CNC(C)(CC(C)N(C)C1CCCC1)C(=O)O. The average Bonchev–Trinajstić information content (AvgIpc) is 2.80. The number of hydrogen-bond donors (Lipinski definition) is 2. The van der Waals surface area contributed by atoms with E-state index in [-0.39, 0.29) is 6.04 Å². The van der Waals surface area contributed by atoms with Gasteiger partial charge in [-0.15, -0.1) is 0 Å². The van der Waals surface area contributed by atoms with E-state index in [1.807, 2.05) is 0 Å². The zero-order valence-corrected chi connectivity index (χ0v) is 11.5. The van der Waals surface area contributed by atoms with E-state index in [2.05, 4.69) is 24.2 Å². The maximum Gasteiger partial charge on any atom is 0.323 e. The molecule has 4 heteroatoms. The summed E-state index contributed by atoms with van der Waals surface area (Å²) in [5, 5.41) is 12.2. The van der Waals surface area contributed by atoms with Crippen LogP contribution in [0.15, 0.2) is 0 Å². The fourth-order valence-corrected chi connectivity index (χ4v) is 2.70. The van der Waals surface area contributed by atoms with Crippen molar-refractivity contribution in [3.8, 4) is 0 Å². The highest BCUT2D eigenvalue weighted by molar-refractivity contribution is 5.78. The lowest BCUT2D eigenvalue weighted by molar-refractivity contribution is -0.144. The number of carboxylic acid groups (broad SMARTS) is 1. The van der Waals surface area contributed by atoms with Crippen molar-refractivity contribution in [3.05, 3.63) is 0 Å². The lowest BCUT2D eigenvalue weighted by atomic mass is 9.92. The number of nitrogens with zero attached hydrogens (tertiary/aromatic N) is 1. The second-order valence-electron chi connectivity index (χ2n) is 5.54. The van der Waals surface area contributed by atoms with Crippen LogP contribution < -0.4 is 5.32 Å². The highest BCUT2D eigenvalue weighted by Crippen LogP contribution is 2.26. The predicted octanol–water partition coefficient (Wildman–Crippen LogP) is 1.70. The number of rotatable bonds is 6. The van der Waals surface area contributed by atoms with Crippen LogP contribution >= 0.6 is 0 Å². The molecule has 1 rings (SSSR count). The molecular weight excluding hydrogens is 216 g/mol. The maximum atomic E-state index is 11.3. The first-order valence-corrected chi connectivity index (χ1v) is 6.55. The Labute approximate surface area is 104 Å². The van der Waals surface area contributed by atoms with Crippen LogP contribution in [0.25, 0.3) is 0 Å². The number of carbonyl (C=O) groups is 1. The van der Waals surface area contributed by atoms with Crippen molar-refractivity contribution in [3.63, 3.8) is 0 Å². The molecule has 0 aliphatic heterocycles. The Hall–Kier alpha value is -0.610. The molecule has 0 heterocycles. The Bertz CT molecular complexity index is 264. The molecule has 0 aromatic rings. The van der Waals surface area contributed by atoms with Crippen LogP contribution in [-0.2, 0) is 4.79 Å². The van der Waals surface area contributed by atoms with E-state index in [1.165, 1.54) is 25.7 Å². The second-order valence-corrected chi connectivity index (χ2v) is 5.54. The summed E-state index contributed by atoms with van der Waals surface area (Å²) in [5.74, 6) is -0.772. The Morgan fingerprint density at radius 1 is 1.53 bits per heavy atom. The lowest BCUT2D eigenvalue weighted by Crippen LogP contribution is -2.52. The maximum absolute atomic E-state index is 11.3. The normalized spacial score (nSPS) is 22.6. The van der Waals surface area contributed by atoms with Crippen LogP contribution in [0.5, 0.6) is 0 Å². The average molecular weight is 242 g/mol. The largest absolute Gasteiger partial charge is 0.480 e. The highest BCUT2D eigenvalue weighted by atomic mass is 16.4. The van der Waals surface area contributed by atoms with Gasteiger partial charge in [0.05, 0.1) is 0 Å². The molecule has 0 spiro atoms. The van der Waals surface area contributed by atoms with Crippen molar-refractivity contribution in [1.82, 2.24) is 10.2 Å². The standard InChI is InChI=1S/C13H26N2O2/c1-10(9-13(2,14-3)12(16)17)15(4)11-7-5-6-8-11/h10-11,14H,5-9H2,1-4H3,(H,16,17). The van der Waals surface area contributed by atoms with E-state index in [4.69, 9.17) is 0 Å². The van der Waals surface area contributed by atoms with Gasteiger partial charge in [-0.3, -0.25) is 4.79 Å². The van der Waals surface area contributed by atoms with Gasteiger partial charge >= 0.3 is 5.97 Å². The van der Waals surface area contributed by atoms with Crippen LogP contribution in [0.3, 0.4) is 0 Å². The van der Waals surface area contributed by atoms with Gasteiger partial charge in [0.15, 0.2) is 0 Å². The van der Waals surface area contributed by atoms with Crippen molar-refractivity contribution in [2.45, 2.75) is 63.6 Å². The van der Waals surface area contributed by atoms with Crippen LogP contribution in [-0.4, -0.2) is 47.7 Å². The Morgan fingerprint density at radius 3 is 2.47 bits per heavy atom. The molecule has 0 saturated heterocycles. The minimum Gasteiger partial charge on any atom is -0.480 e. The van der Waals surface area contributed by atoms with Crippen molar-refractivity contribution < 1.29 is 9.90 Å². The summed E-state index contributed by atoms with van der Waals surface area (Å²) in [5.41, 5.74) is -0.827. The molecule has 0 amide bonds. The molecule has 100 valence electrons.